The molecule has 4 nitrogen and oxygen atoms in total. The molecule has 0 bridgehead atoms. The highest BCUT2D eigenvalue weighted by atomic mass is 16.5. The Hall–Kier alpha value is -2.62. The van der Waals surface area contributed by atoms with Crippen LogP contribution >= 0.6 is 0 Å². The van der Waals surface area contributed by atoms with Crippen LogP contribution in [0, 0.1) is 6.92 Å². The van der Waals surface area contributed by atoms with Gasteiger partial charge in [-0.25, -0.2) is 0 Å². The number of aromatic nitrogens is 2. The van der Waals surface area contributed by atoms with Gasteiger partial charge in [0.1, 0.15) is 5.75 Å². The van der Waals surface area contributed by atoms with Crippen LogP contribution in [-0.2, 0) is 0 Å². The summed E-state index contributed by atoms with van der Waals surface area (Å²) in [7, 11) is 1.62. The van der Waals surface area contributed by atoms with Crippen LogP contribution in [0.2, 0.25) is 0 Å². The van der Waals surface area contributed by atoms with E-state index in [0.29, 0.717) is 17.5 Å². The third kappa shape index (κ3) is 2.28. The fourth-order valence-electron chi connectivity index (χ4n) is 2.05. The van der Waals surface area contributed by atoms with E-state index < -0.39 is 0 Å². The molecule has 0 atom stereocenters. The fourth-order valence-corrected chi connectivity index (χ4v) is 2.05. The number of methoxy groups -OCH3 is 1. The van der Waals surface area contributed by atoms with Gasteiger partial charge in [-0.1, -0.05) is 29.8 Å². The molecular weight excluding hydrogens is 252 g/mol. The maximum Gasteiger partial charge on any atom is 0.251 e. The first kappa shape index (κ1) is 12.4. The average molecular weight is 266 g/mol. The lowest BCUT2D eigenvalue weighted by Crippen LogP contribution is -1.87. The van der Waals surface area contributed by atoms with Gasteiger partial charge >= 0.3 is 0 Å². The summed E-state index contributed by atoms with van der Waals surface area (Å²) in [6.45, 7) is 2.03. The van der Waals surface area contributed by atoms with Gasteiger partial charge in [-0.15, -0.1) is 10.2 Å². The molecule has 100 valence electrons. The summed E-state index contributed by atoms with van der Waals surface area (Å²) in [5, 5.41) is 8.21. The van der Waals surface area contributed by atoms with Crippen molar-refractivity contribution >= 4 is 0 Å². The molecule has 0 amide bonds. The van der Waals surface area contributed by atoms with Crippen molar-refractivity contribution in [2.24, 2.45) is 0 Å². The van der Waals surface area contributed by atoms with Gasteiger partial charge in [0.15, 0.2) is 0 Å². The lowest BCUT2D eigenvalue weighted by Gasteiger charge is -2.03. The van der Waals surface area contributed by atoms with Crippen molar-refractivity contribution in [1.82, 2.24) is 10.2 Å². The van der Waals surface area contributed by atoms with E-state index in [9.17, 15) is 0 Å². The number of benzene rings is 2. The Bertz CT molecular complexity index is 735. The second kappa shape index (κ2) is 5.17. The van der Waals surface area contributed by atoms with Crippen molar-refractivity contribution in [3.05, 3.63) is 54.1 Å². The van der Waals surface area contributed by atoms with Crippen molar-refractivity contribution in [3.8, 4) is 28.7 Å². The molecule has 0 N–H and O–H groups in total. The Morgan fingerprint density at radius 2 is 1.75 bits per heavy atom. The van der Waals surface area contributed by atoms with Gasteiger partial charge in [0.05, 0.1) is 12.7 Å². The molecule has 0 radical (unpaired) electrons. The first-order chi connectivity index (χ1) is 9.78. The molecule has 0 aliphatic rings. The molecule has 0 saturated heterocycles. The number of ether oxygens (including phenoxy) is 1. The number of nitrogens with zero attached hydrogens (tertiary/aromatic N) is 2. The van der Waals surface area contributed by atoms with Gasteiger partial charge in [0, 0.05) is 5.56 Å². The zero-order valence-electron chi connectivity index (χ0n) is 11.3. The van der Waals surface area contributed by atoms with Gasteiger partial charge in [0.25, 0.3) is 5.89 Å². The van der Waals surface area contributed by atoms with Gasteiger partial charge in [-0.3, -0.25) is 0 Å². The Morgan fingerprint density at radius 3 is 2.55 bits per heavy atom. The van der Waals surface area contributed by atoms with Crippen LogP contribution < -0.4 is 4.74 Å². The fraction of sp³-hybridized carbons (Fsp3) is 0.125. The van der Waals surface area contributed by atoms with E-state index in [2.05, 4.69) is 10.2 Å². The van der Waals surface area contributed by atoms with Gasteiger partial charge in [-0.05, 0) is 31.2 Å². The molecule has 0 aliphatic carbocycles. The molecule has 0 saturated carbocycles. The minimum absolute atomic E-state index is 0.457. The Morgan fingerprint density at radius 1 is 0.950 bits per heavy atom. The first-order valence-electron chi connectivity index (χ1n) is 6.32. The molecule has 4 heteroatoms. The van der Waals surface area contributed by atoms with Crippen molar-refractivity contribution in [3.63, 3.8) is 0 Å². The summed E-state index contributed by atoms with van der Waals surface area (Å²) >= 11 is 0. The molecule has 20 heavy (non-hydrogen) atoms. The molecule has 3 aromatic rings. The number of rotatable bonds is 3. The number of aryl methyl sites for hydroxylation is 1. The minimum Gasteiger partial charge on any atom is -0.496 e. The first-order valence-corrected chi connectivity index (χ1v) is 6.32. The average Bonchev–Trinajstić information content (AvgIpc) is 2.97. The molecule has 1 heterocycles. The summed E-state index contributed by atoms with van der Waals surface area (Å²) < 4.78 is 11.1. The predicted octanol–water partition coefficient (Wildman–Crippen LogP) is 3.72. The normalized spacial score (nSPS) is 10.5. The summed E-state index contributed by atoms with van der Waals surface area (Å²) in [6.07, 6.45) is 0. The zero-order valence-corrected chi connectivity index (χ0v) is 11.3. The van der Waals surface area contributed by atoms with Crippen LogP contribution in [0.5, 0.6) is 5.75 Å². The van der Waals surface area contributed by atoms with Crippen molar-refractivity contribution in [2.75, 3.05) is 7.11 Å². The number of hydrogen-bond donors (Lipinski definition) is 0. The number of hydrogen-bond acceptors (Lipinski definition) is 4. The summed E-state index contributed by atoms with van der Waals surface area (Å²) in [4.78, 5) is 0. The van der Waals surface area contributed by atoms with E-state index in [1.165, 1.54) is 0 Å². The highest BCUT2D eigenvalue weighted by molar-refractivity contribution is 5.64. The Balaban J connectivity index is 2.02. The minimum atomic E-state index is 0.457. The molecule has 0 spiro atoms. The summed E-state index contributed by atoms with van der Waals surface area (Å²) in [5.41, 5.74) is 2.86. The van der Waals surface area contributed by atoms with E-state index >= 15 is 0 Å². The maximum atomic E-state index is 5.75. The van der Waals surface area contributed by atoms with E-state index in [1.54, 1.807) is 7.11 Å². The Labute approximate surface area is 117 Å². The van der Waals surface area contributed by atoms with Gasteiger partial charge < -0.3 is 9.15 Å². The van der Waals surface area contributed by atoms with E-state index in [0.717, 1.165) is 16.7 Å². The standard InChI is InChI=1S/C16H14N2O2/c1-11-6-5-7-12(10-11)15-17-18-16(20-15)13-8-3-4-9-14(13)19-2/h3-10H,1-2H3. The van der Waals surface area contributed by atoms with Crippen LogP contribution in [-0.4, -0.2) is 17.3 Å². The maximum absolute atomic E-state index is 5.75. The highest BCUT2D eigenvalue weighted by Gasteiger charge is 2.13. The predicted molar refractivity (Wildman–Crippen MR) is 76.5 cm³/mol. The van der Waals surface area contributed by atoms with Crippen molar-refractivity contribution in [2.45, 2.75) is 6.92 Å². The smallest absolute Gasteiger partial charge is 0.251 e. The topological polar surface area (TPSA) is 48.2 Å². The molecule has 1 aromatic heterocycles. The van der Waals surface area contributed by atoms with Crippen LogP contribution in [0.4, 0.5) is 0 Å². The van der Waals surface area contributed by atoms with E-state index in [4.69, 9.17) is 9.15 Å². The zero-order chi connectivity index (χ0) is 13.9. The number of para-hydroxylation sites is 1. The second-order valence-corrected chi connectivity index (χ2v) is 4.48. The summed E-state index contributed by atoms with van der Waals surface area (Å²) in [6, 6.07) is 15.5. The van der Waals surface area contributed by atoms with Crippen LogP contribution in [0.3, 0.4) is 0 Å². The molecule has 0 fully saturated rings. The SMILES string of the molecule is COc1ccccc1-c1nnc(-c2cccc(C)c2)o1. The van der Waals surface area contributed by atoms with Crippen LogP contribution in [0.15, 0.2) is 52.9 Å². The second-order valence-electron chi connectivity index (χ2n) is 4.48. The molecule has 3 rings (SSSR count). The highest BCUT2D eigenvalue weighted by Crippen LogP contribution is 2.30. The summed E-state index contributed by atoms with van der Waals surface area (Å²) in [5.74, 6) is 1.68. The lowest BCUT2D eigenvalue weighted by atomic mass is 10.1. The molecule has 0 aliphatic heterocycles. The molecule has 0 unspecified atom stereocenters. The van der Waals surface area contributed by atoms with E-state index in [1.807, 2.05) is 55.5 Å². The lowest BCUT2D eigenvalue weighted by molar-refractivity contribution is 0.414. The Kier molecular flexibility index (Phi) is 3.21. The van der Waals surface area contributed by atoms with Crippen LogP contribution in [0.1, 0.15) is 5.56 Å². The van der Waals surface area contributed by atoms with Crippen molar-refractivity contribution < 1.29 is 9.15 Å². The van der Waals surface area contributed by atoms with Gasteiger partial charge in [0.2, 0.25) is 5.89 Å². The quantitative estimate of drug-likeness (QED) is 0.725. The third-order valence-corrected chi connectivity index (χ3v) is 3.03. The van der Waals surface area contributed by atoms with E-state index in [-0.39, 0.29) is 0 Å². The van der Waals surface area contributed by atoms with Crippen molar-refractivity contribution in [1.29, 1.82) is 0 Å². The molecular formula is C16H14N2O2. The third-order valence-electron chi connectivity index (χ3n) is 3.03. The largest absolute Gasteiger partial charge is 0.496 e. The monoisotopic (exact) mass is 266 g/mol. The molecule has 2 aromatic carbocycles. The van der Waals surface area contributed by atoms with Gasteiger partial charge in [-0.2, -0.15) is 0 Å². The van der Waals surface area contributed by atoms with Crippen LogP contribution in [0.25, 0.3) is 22.9 Å².